The Balaban J connectivity index is 2.11. The molecule has 9 heteroatoms. The molecule has 1 aliphatic heterocycles. The van der Waals surface area contributed by atoms with Gasteiger partial charge in [0.25, 0.3) is 0 Å². The molecule has 0 fully saturated rings. The van der Waals surface area contributed by atoms with Crippen molar-refractivity contribution in [3.05, 3.63) is 64.7 Å². The van der Waals surface area contributed by atoms with Crippen LogP contribution in [0.4, 0.5) is 17.6 Å². The molecule has 0 amide bonds. The van der Waals surface area contributed by atoms with Crippen LogP contribution in [0.2, 0.25) is 0 Å². The molecule has 0 saturated carbocycles. The fraction of sp³-hybridized carbons (Fsp3) is 0.348. The zero-order valence-electron chi connectivity index (χ0n) is 18.4. The number of carbonyl (C=O) groups excluding carboxylic acids is 1. The van der Waals surface area contributed by atoms with E-state index in [0.29, 0.717) is 34.4 Å². The second-order valence-electron chi connectivity index (χ2n) is 8.59. The van der Waals surface area contributed by atoms with Gasteiger partial charge < -0.3 is 14.6 Å². The molecule has 0 saturated heterocycles. The van der Waals surface area contributed by atoms with Gasteiger partial charge in [0.15, 0.2) is 5.78 Å². The summed E-state index contributed by atoms with van der Waals surface area (Å²) in [7, 11) is 0.377. The summed E-state index contributed by atoms with van der Waals surface area (Å²) >= 11 is 0. The van der Waals surface area contributed by atoms with E-state index in [0.717, 1.165) is 11.6 Å². The van der Waals surface area contributed by atoms with Crippen molar-refractivity contribution in [2.24, 2.45) is 0 Å². The average Bonchev–Trinajstić information content (AvgIpc) is 2.67. The van der Waals surface area contributed by atoms with E-state index in [4.69, 9.17) is 9.47 Å². The van der Waals surface area contributed by atoms with Crippen molar-refractivity contribution >= 4 is 21.6 Å². The number of aliphatic hydroxyl groups excluding tert-OH is 1. The molecule has 0 aliphatic carbocycles. The minimum Gasteiger partial charge on any atom is -0.508 e. The van der Waals surface area contributed by atoms with Gasteiger partial charge in [0.05, 0.1) is 21.4 Å². The molecule has 0 radical (unpaired) electrons. The average molecular weight is 469 g/mol. The van der Waals surface area contributed by atoms with Gasteiger partial charge in [-0.15, -0.1) is 0 Å². The first kappa shape index (κ1) is 24.0. The Hall–Kier alpha value is -2.65. The summed E-state index contributed by atoms with van der Waals surface area (Å²) in [4.78, 5) is 13.2. The van der Waals surface area contributed by atoms with Crippen molar-refractivity contribution in [3.63, 3.8) is 0 Å². The number of Topliss-reactive ketones (excluding diaryl/α,β-unsaturated/α-hetero) is 1. The van der Waals surface area contributed by atoms with Gasteiger partial charge in [-0.05, 0) is 68.7 Å². The normalized spacial score (nSPS) is 21.2. The Kier molecular flexibility index (Phi) is 6.03. The predicted octanol–water partition coefficient (Wildman–Crippen LogP) is 4.93. The molecule has 0 aromatic heterocycles. The number of hydrogen-bond acceptors (Lipinski definition) is 4. The van der Waals surface area contributed by atoms with Crippen LogP contribution in [0.3, 0.4) is 0 Å². The van der Waals surface area contributed by atoms with Crippen molar-refractivity contribution in [2.75, 3.05) is 0 Å². The molecule has 1 N–H and O–H groups in total. The fourth-order valence-electron chi connectivity index (χ4n) is 3.77. The lowest BCUT2D eigenvalue weighted by atomic mass is 9.85. The smallest absolute Gasteiger partial charge is 0.419 e. The van der Waals surface area contributed by atoms with E-state index >= 15 is 0 Å². The number of ketones is 1. The Bertz CT molecular complexity index is 1100. The van der Waals surface area contributed by atoms with Gasteiger partial charge in [0.1, 0.15) is 33.9 Å². The second kappa shape index (κ2) is 8.04. The highest BCUT2D eigenvalue weighted by Gasteiger charge is 2.47. The maximum absolute atomic E-state index is 13.6. The summed E-state index contributed by atoms with van der Waals surface area (Å²) in [5.41, 5.74) is -1.26. The highest BCUT2D eigenvalue weighted by Crippen LogP contribution is 2.41. The quantitative estimate of drug-likeness (QED) is 0.511. The Morgan fingerprint density at radius 3 is 2.28 bits per heavy atom. The maximum atomic E-state index is 13.6. The number of ether oxygens (including phenoxy) is 2. The molecule has 4 nitrogen and oxygen atoms in total. The standard InChI is InChI=1S/C23H24F4O4Si/c1-5-12-6-7-13(30-14-8-9-17(24)16(11-14)23(25,26)27)10-15(12)18-19(28)21(2,3)31-22(4,32)20(18)29/h6-11,28H,5H2,1-4,32H3. The third-order valence-corrected chi connectivity index (χ3v) is 5.96. The van der Waals surface area contributed by atoms with Gasteiger partial charge in [-0.25, -0.2) is 4.39 Å². The number of halogens is 4. The van der Waals surface area contributed by atoms with Crippen molar-refractivity contribution in [2.45, 2.75) is 51.1 Å². The van der Waals surface area contributed by atoms with Gasteiger partial charge in [-0.3, -0.25) is 4.79 Å². The number of alkyl halides is 3. The summed E-state index contributed by atoms with van der Waals surface area (Å²) in [5, 5.41) is 9.79. The predicted molar refractivity (Wildman–Crippen MR) is 115 cm³/mol. The lowest BCUT2D eigenvalue weighted by molar-refractivity contribution is -0.144. The van der Waals surface area contributed by atoms with E-state index in [1.807, 2.05) is 6.92 Å². The van der Waals surface area contributed by atoms with Gasteiger partial charge in [0.2, 0.25) is 0 Å². The van der Waals surface area contributed by atoms with Crippen LogP contribution in [0.5, 0.6) is 11.5 Å². The number of rotatable bonds is 4. The summed E-state index contributed by atoms with van der Waals surface area (Å²) in [6, 6.07) is 7.08. The van der Waals surface area contributed by atoms with Crippen LogP contribution in [-0.4, -0.2) is 32.0 Å². The number of aliphatic hydroxyl groups is 1. The van der Waals surface area contributed by atoms with Gasteiger partial charge in [0, 0.05) is 0 Å². The van der Waals surface area contributed by atoms with Crippen molar-refractivity contribution in [1.29, 1.82) is 0 Å². The maximum Gasteiger partial charge on any atom is 0.419 e. The summed E-state index contributed by atoms with van der Waals surface area (Å²) < 4.78 is 64.1. The van der Waals surface area contributed by atoms with Crippen molar-refractivity contribution < 1.29 is 36.9 Å². The topological polar surface area (TPSA) is 55.8 Å². The van der Waals surface area contributed by atoms with Crippen LogP contribution in [0.1, 0.15) is 44.4 Å². The van der Waals surface area contributed by atoms with Crippen LogP contribution in [0.15, 0.2) is 42.2 Å². The molecule has 1 aliphatic rings. The second-order valence-corrected chi connectivity index (χ2v) is 10.5. The van der Waals surface area contributed by atoms with Crippen LogP contribution in [0, 0.1) is 5.82 Å². The van der Waals surface area contributed by atoms with E-state index in [9.17, 15) is 27.5 Å². The lowest BCUT2D eigenvalue weighted by Crippen LogP contribution is -2.51. The van der Waals surface area contributed by atoms with Gasteiger partial charge in [-0.2, -0.15) is 13.2 Å². The molecule has 172 valence electrons. The third-order valence-electron chi connectivity index (χ3n) is 5.30. The number of aryl methyl sites for hydroxylation is 1. The summed E-state index contributed by atoms with van der Waals surface area (Å²) in [5.74, 6) is -2.05. The third kappa shape index (κ3) is 4.45. The molecule has 32 heavy (non-hydrogen) atoms. The largest absolute Gasteiger partial charge is 0.508 e. The number of benzene rings is 2. The molecular weight excluding hydrogens is 444 g/mol. The molecule has 2 aromatic carbocycles. The lowest BCUT2D eigenvalue weighted by Gasteiger charge is -2.41. The molecule has 3 rings (SSSR count). The van der Waals surface area contributed by atoms with Crippen molar-refractivity contribution in [1.82, 2.24) is 0 Å². The number of hydrogen-bond donors (Lipinski definition) is 1. The highest BCUT2D eigenvalue weighted by atomic mass is 28.1. The zero-order chi connectivity index (χ0) is 24.1. The molecule has 1 unspecified atom stereocenters. The fourth-order valence-corrected chi connectivity index (χ4v) is 4.53. The van der Waals surface area contributed by atoms with Crippen molar-refractivity contribution in [3.8, 4) is 11.5 Å². The molecule has 1 atom stereocenters. The molecule has 2 aromatic rings. The SMILES string of the molecule is CCc1ccc(Oc2ccc(F)c(C(F)(F)F)c2)cc1C1=C(O)C(C)(C)OC(C)([SiH3])C1=O. The number of carbonyl (C=O) groups is 1. The summed E-state index contributed by atoms with van der Waals surface area (Å²) in [6.07, 6.45) is -4.33. The molecule has 0 spiro atoms. The van der Waals surface area contributed by atoms with E-state index in [1.165, 1.54) is 6.07 Å². The Morgan fingerprint density at radius 2 is 1.69 bits per heavy atom. The van der Waals surface area contributed by atoms with Crippen LogP contribution in [-0.2, 0) is 22.1 Å². The monoisotopic (exact) mass is 468 g/mol. The first-order valence-corrected chi connectivity index (χ1v) is 11.0. The van der Waals surface area contributed by atoms with E-state index < -0.39 is 28.4 Å². The van der Waals surface area contributed by atoms with E-state index in [2.05, 4.69) is 0 Å². The summed E-state index contributed by atoms with van der Waals surface area (Å²) in [6.45, 7) is 6.86. The highest BCUT2D eigenvalue weighted by molar-refractivity contribution is 6.40. The minimum absolute atomic E-state index is 0.108. The molecule has 1 heterocycles. The zero-order valence-corrected chi connectivity index (χ0v) is 20.4. The van der Waals surface area contributed by atoms with E-state index in [-0.39, 0.29) is 28.6 Å². The first-order chi connectivity index (χ1) is 14.7. The van der Waals surface area contributed by atoms with Crippen LogP contribution in [0.25, 0.3) is 5.57 Å². The molecule has 0 bridgehead atoms. The Labute approximate surface area is 186 Å². The Morgan fingerprint density at radius 1 is 1.09 bits per heavy atom. The van der Waals surface area contributed by atoms with Crippen LogP contribution >= 0.6 is 0 Å². The molecular formula is C23H24F4O4Si. The van der Waals surface area contributed by atoms with Gasteiger partial charge in [-0.1, -0.05) is 13.0 Å². The van der Waals surface area contributed by atoms with Gasteiger partial charge >= 0.3 is 6.18 Å². The minimum atomic E-state index is -4.87. The van der Waals surface area contributed by atoms with E-state index in [1.54, 1.807) is 32.9 Å². The van der Waals surface area contributed by atoms with Crippen LogP contribution < -0.4 is 4.74 Å². The first-order valence-electron chi connectivity index (χ1n) is 10.0.